The summed E-state index contributed by atoms with van der Waals surface area (Å²) in [5.41, 5.74) is 1.65. The Labute approximate surface area is 129 Å². The van der Waals surface area contributed by atoms with E-state index in [-0.39, 0.29) is 11.6 Å². The maximum absolute atomic E-state index is 12.2. The van der Waals surface area contributed by atoms with E-state index in [0.717, 1.165) is 17.7 Å². The van der Waals surface area contributed by atoms with Crippen LogP contribution >= 0.6 is 0 Å². The number of furan rings is 1. The molecule has 0 atom stereocenters. The van der Waals surface area contributed by atoms with E-state index in [4.69, 9.17) is 4.42 Å². The number of ketones is 2. The molecule has 2 aromatic rings. The molecule has 4 heteroatoms. The molecule has 0 fully saturated rings. The SMILES string of the molecule is CC(=O)CCCN/C(=C\C(=O)c1ccco1)c1ccccc1. The molecule has 114 valence electrons. The highest BCUT2D eigenvalue weighted by atomic mass is 16.3. The molecule has 0 aliphatic rings. The third-order valence-corrected chi connectivity index (χ3v) is 3.15. The van der Waals surface area contributed by atoms with E-state index in [0.29, 0.717) is 18.7 Å². The van der Waals surface area contributed by atoms with Crippen molar-refractivity contribution in [2.75, 3.05) is 6.54 Å². The lowest BCUT2D eigenvalue weighted by Crippen LogP contribution is -2.16. The van der Waals surface area contributed by atoms with Crippen LogP contribution in [0.2, 0.25) is 0 Å². The molecule has 0 saturated carbocycles. The Morgan fingerprint density at radius 1 is 1.14 bits per heavy atom. The van der Waals surface area contributed by atoms with Crippen LogP contribution in [0.4, 0.5) is 0 Å². The molecule has 4 nitrogen and oxygen atoms in total. The molecule has 0 unspecified atom stereocenters. The molecule has 0 aliphatic carbocycles. The Hall–Kier alpha value is -2.62. The molecule has 0 radical (unpaired) electrons. The van der Waals surface area contributed by atoms with Crippen molar-refractivity contribution in [1.29, 1.82) is 0 Å². The van der Waals surface area contributed by atoms with Crippen LogP contribution in [0.25, 0.3) is 5.70 Å². The fraction of sp³-hybridized carbons (Fsp3) is 0.222. The van der Waals surface area contributed by atoms with Crippen LogP contribution in [0.5, 0.6) is 0 Å². The lowest BCUT2D eigenvalue weighted by molar-refractivity contribution is -0.117. The summed E-state index contributed by atoms with van der Waals surface area (Å²) in [4.78, 5) is 23.1. The summed E-state index contributed by atoms with van der Waals surface area (Å²) in [6.07, 6.45) is 4.27. The van der Waals surface area contributed by atoms with E-state index in [9.17, 15) is 9.59 Å². The van der Waals surface area contributed by atoms with Gasteiger partial charge in [-0.1, -0.05) is 30.3 Å². The molecule has 1 aromatic carbocycles. The van der Waals surface area contributed by atoms with Crippen LogP contribution in [-0.4, -0.2) is 18.1 Å². The molecule has 0 saturated heterocycles. The van der Waals surface area contributed by atoms with Gasteiger partial charge in [0.25, 0.3) is 0 Å². The molecule has 0 spiro atoms. The van der Waals surface area contributed by atoms with E-state index in [1.807, 2.05) is 30.3 Å². The molecule has 0 amide bonds. The monoisotopic (exact) mass is 297 g/mol. The highest BCUT2D eigenvalue weighted by molar-refractivity contribution is 6.06. The summed E-state index contributed by atoms with van der Waals surface area (Å²) in [6.45, 7) is 2.21. The zero-order chi connectivity index (χ0) is 15.8. The van der Waals surface area contributed by atoms with E-state index in [1.165, 1.54) is 12.3 Å². The third kappa shape index (κ3) is 4.74. The van der Waals surface area contributed by atoms with Gasteiger partial charge in [-0.3, -0.25) is 4.79 Å². The van der Waals surface area contributed by atoms with E-state index in [1.54, 1.807) is 19.1 Å². The predicted molar refractivity (Wildman–Crippen MR) is 85.4 cm³/mol. The average Bonchev–Trinajstić information content (AvgIpc) is 3.05. The lowest BCUT2D eigenvalue weighted by Gasteiger charge is -2.10. The first kappa shape index (κ1) is 15.8. The summed E-state index contributed by atoms with van der Waals surface area (Å²) < 4.78 is 5.12. The Morgan fingerprint density at radius 2 is 1.91 bits per heavy atom. The highest BCUT2D eigenvalue weighted by Gasteiger charge is 2.09. The van der Waals surface area contributed by atoms with Gasteiger partial charge < -0.3 is 14.5 Å². The Kier molecular flexibility index (Phi) is 5.72. The third-order valence-electron chi connectivity index (χ3n) is 3.15. The number of rotatable bonds is 8. The Balaban J connectivity index is 2.11. The van der Waals surface area contributed by atoms with Crippen LogP contribution < -0.4 is 5.32 Å². The fourth-order valence-electron chi connectivity index (χ4n) is 2.04. The first-order valence-corrected chi connectivity index (χ1v) is 7.25. The van der Waals surface area contributed by atoms with Crippen molar-refractivity contribution in [1.82, 2.24) is 5.32 Å². The van der Waals surface area contributed by atoms with Gasteiger partial charge in [0.2, 0.25) is 5.78 Å². The fourth-order valence-corrected chi connectivity index (χ4v) is 2.04. The van der Waals surface area contributed by atoms with Crippen molar-refractivity contribution in [3.63, 3.8) is 0 Å². The second kappa shape index (κ2) is 7.98. The molecule has 22 heavy (non-hydrogen) atoms. The smallest absolute Gasteiger partial charge is 0.223 e. The minimum absolute atomic E-state index is 0.165. The minimum Gasteiger partial charge on any atom is -0.461 e. The van der Waals surface area contributed by atoms with Gasteiger partial charge in [-0.25, -0.2) is 0 Å². The van der Waals surface area contributed by atoms with Crippen LogP contribution in [0.3, 0.4) is 0 Å². The van der Waals surface area contributed by atoms with Gasteiger partial charge in [0, 0.05) is 24.7 Å². The lowest BCUT2D eigenvalue weighted by atomic mass is 10.1. The number of allylic oxidation sites excluding steroid dienone is 1. The Morgan fingerprint density at radius 3 is 2.55 bits per heavy atom. The number of benzene rings is 1. The molecular formula is C18H19NO3. The second-order valence-electron chi connectivity index (χ2n) is 5.00. The number of Topliss-reactive ketones (excluding diaryl/α,β-unsaturated/α-hetero) is 1. The molecule has 0 aliphatic heterocycles. The van der Waals surface area contributed by atoms with Gasteiger partial charge in [-0.05, 0) is 31.0 Å². The number of hydrogen-bond acceptors (Lipinski definition) is 4. The first-order valence-electron chi connectivity index (χ1n) is 7.25. The zero-order valence-electron chi connectivity index (χ0n) is 12.5. The topological polar surface area (TPSA) is 59.3 Å². The van der Waals surface area contributed by atoms with E-state index >= 15 is 0 Å². The number of carbonyl (C=O) groups excluding carboxylic acids is 2. The Bertz CT molecular complexity index is 642. The van der Waals surface area contributed by atoms with Gasteiger partial charge in [-0.2, -0.15) is 0 Å². The number of carbonyl (C=O) groups is 2. The van der Waals surface area contributed by atoms with Gasteiger partial charge in [0.1, 0.15) is 5.78 Å². The average molecular weight is 297 g/mol. The normalized spacial score (nSPS) is 11.2. The van der Waals surface area contributed by atoms with Crippen molar-refractivity contribution in [2.24, 2.45) is 0 Å². The van der Waals surface area contributed by atoms with Gasteiger partial charge >= 0.3 is 0 Å². The predicted octanol–water partition coefficient (Wildman–Crippen LogP) is 3.46. The summed E-state index contributed by atoms with van der Waals surface area (Å²) in [5.74, 6) is 0.278. The van der Waals surface area contributed by atoms with Crippen molar-refractivity contribution in [3.8, 4) is 0 Å². The molecule has 2 rings (SSSR count). The molecule has 1 aromatic heterocycles. The minimum atomic E-state index is -0.192. The van der Waals surface area contributed by atoms with Crippen LogP contribution in [0, 0.1) is 0 Å². The summed E-state index contributed by atoms with van der Waals surface area (Å²) in [6, 6.07) is 12.9. The molecule has 0 bridgehead atoms. The van der Waals surface area contributed by atoms with Gasteiger partial charge in [-0.15, -0.1) is 0 Å². The standard InChI is InChI=1S/C18H19NO3/c1-14(20)7-5-11-19-16(15-8-3-2-4-9-15)13-17(21)18-10-6-12-22-18/h2-4,6,8-10,12-13,19H,5,7,11H2,1H3/b16-13-. The van der Waals surface area contributed by atoms with Crippen molar-refractivity contribution in [3.05, 3.63) is 66.1 Å². The van der Waals surface area contributed by atoms with E-state index in [2.05, 4.69) is 5.32 Å². The maximum atomic E-state index is 12.2. The van der Waals surface area contributed by atoms with Gasteiger partial charge in [0.15, 0.2) is 5.76 Å². The summed E-state index contributed by atoms with van der Waals surface area (Å²) in [7, 11) is 0. The van der Waals surface area contributed by atoms with Crippen molar-refractivity contribution < 1.29 is 14.0 Å². The van der Waals surface area contributed by atoms with E-state index < -0.39 is 0 Å². The van der Waals surface area contributed by atoms with Crippen LogP contribution in [-0.2, 0) is 4.79 Å². The number of nitrogens with one attached hydrogen (secondary N) is 1. The summed E-state index contributed by atoms with van der Waals surface area (Å²) in [5, 5.41) is 3.23. The molecule has 1 N–H and O–H groups in total. The second-order valence-corrected chi connectivity index (χ2v) is 5.00. The molecular weight excluding hydrogens is 278 g/mol. The van der Waals surface area contributed by atoms with Crippen LogP contribution in [0.15, 0.2) is 59.2 Å². The highest BCUT2D eigenvalue weighted by Crippen LogP contribution is 2.13. The van der Waals surface area contributed by atoms with Crippen molar-refractivity contribution >= 4 is 17.3 Å². The largest absolute Gasteiger partial charge is 0.461 e. The quantitative estimate of drug-likeness (QED) is 0.460. The first-order chi connectivity index (χ1) is 10.7. The van der Waals surface area contributed by atoms with Crippen LogP contribution in [0.1, 0.15) is 35.9 Å². The van der Waals surface area contributed by atoms with Crippen molar-refractivity contribution in [2.45, 2.75) is 19.8 Å². The maximum Gasteiger partial charge on any atom is 0.223 e. The van der Waals surface area contributed by atoms with Gasteiger partial charge in [0.05, 0.1) is 6.26 Å². The number of hydrogen-bond donors (Lipinski definition) is 1. The summed E-state index contributed by atoms with van der Waals surface area (Å²) >= 11 is 0. The zero-order valence-corrected chi connectivity index (χ0v) is 12.5. The molecule has 1 heterocycles.